The number of nitrogens with zero attached hydrogens (tertiary/aromatic N) is 1. The summed E-state index contributed by atoms with van der Waals surface area (Å²) in [7, 11) is 0. The zero-order valence-corrected chi connectivity index (χ0v) is 12.0. The maximum Gasteiger partial charge on any atom is 0.256 e. The van der Waals surface area contributed by atoms with E-state index >= 15 is 0 Å². The molecule has 0 bridgehead atoms. The highest BCUT2D eigenvalue weighted by Gasteiger charge is 2.24. The van der Waals surface area contributed by atoms with Crippen LogP contribution in [0.5, 0.6) is 0 Å². The van der Waals surface area contributed by atoms with Crippen molar-refractivity contribution in [2.24, 2.45) is 0 Å². The third-order valence-electron chi connectivity index (χ3n) is 2.79. The summed E-state index contributed by atoms with van der Waals surface area (Å²) in [5, 5.41) is 3.39. The minimum absolute atomic E-state index is 0.140. The summed E-state index contributed by atoms with van der Waals surface area (Å²) < 4.78 is 0.733. The first-order valence-corrected chi connectivity index (χ1v) is 6.76. The van der Waals surface area contributed by atoms with E-state index in [1.165, 1.54) is 0 Å². The van der Waals surface area contributed by atoms with Crippen molar-refractivity contribution in [3.05, 3.63) is 57.3 Å². The number of fused-ring (bicyclic) bond motifs is 1. The molecule has 2 heterocycles. The van der Waals surface area contributed by atoms with Gasteiger partial charge in [0.05, 0.1) is 17.0 Å². The van der Waals surface area contributed by atoms with E-state index in [1.54, 1.807) is 18.2 Å². The zero-order valence-electron chi connectivity index (χ0n) is 9.65. The monoisotopic (exact) mass is 334 g/mol. The van der Waals surface area contributed by atoms with Crippen LogP contribution in [-0.4, -0.2) is 10.9 Å². The van der Waals surface area contributed by atoms with Gasteiger partial charge in [0, 0.05) is 10.6 Å². The fraction of sp³-hybridized carbons (Fsp3) is 0. The molecule has 0 fully saturated rings. The lowest BCUT2D eigenvalue weighted by Gasteiger charge is -1.99. The van der Waals surface area contributed by atoms with Gasteiger partial charge in [0.1, 0.15) is 4.60 Å². The third kappa shape index (κ3) is 2.41. The number of rotatable bonds is 1. The van der Waals surface area contributed by atoms with Crippen LogP contribution >= 0.6 is 27.5 Å². The molecular formula is C14H8BrClN2O. The summed E-state index contributed by atoms with van der Waals surface area (Å²) in [6.45, 7) is 0. The molecule has 5 heteroatoms. The van der Waals surface area contributed by atoms with Crippen LogP contribution in [0.4, 0.5) is 5.69 Å². The smallest absolute Gasteiger partial charge is 0.256 e. The van der Waals surface area contributed by atoms with Crippen molar-refractivity contribution < 1.29 is 4.79 Å². The molecule has 0 unspecified atom stereocenters. The average molecular weight is 336 g/mol. The van der Waals surface area contributed by atoms with Gasteiger partial charge in [0.15, 0.2) is 0 Å². The van der Waals surface area contributed by atoms with Crippen LogP contribution in [0.1, 0.15) is 11.3 Å². The molecule has 1 N–H and O–H groups in total. The van der Waals surface area contributed by atoms with E-state index in [0.717, 1.165) is 21.5 Å². The van der Waals surface area contributed by atoms with E-state index in [2.05, 4.69) is 26.2 Å². The summed E-state index contributed by atoms with van der Waals surface area (Å²) in [5.74, 6) is -0.140. The van der Waals surface area contributed by atoms with Crippen molar-refractivity contribution in [3.63, 3.8) is 0 Å². The van der Waals surface area contributed by atoms with Gasteiger partial charge in [-0.15, -0.1) is 0 Å². The highest BCUT2D eigenvalue weighted by molar-refractivity contribution is 9.10. The number of halogens is 2. The van der Waals surface area contributed by atoms with E-state index in [0.29, 0.717) is 10.6 Å². The van der Waals surface area contributed by atoms with E-state index in [4.69, 9.17) is 11.6 Å². The summed E-state index contributed by atoms with van der Waals surface area (Å²) in [6, 6.07) is 10.9. The van der Waals surface area contributed by atoms with E-state index in [1.807, 2.05) is 24.3 Å². The fourth-order valence-corrected chi connectivity index (χ4v) is 2.49. The molecule has 0 saturated carbocycles. The van der Waals surface area contributed by atoms with E-state index in [9.17, 15) is 4.79 Å². The summed E-state index contributed by atoms with van der Waals surface area (Å²) in [4.78, 5) is 16.3. The van der Waals surface area contributed by atoms with Crippen LogP contribution in [0.15, 0.2) is 41.0 Å². The van der Waals surface area contributed by atoms with Crippen molar-refractivity contribution in [3.8, 4) is 0 Å². The number of carbonyl (C=O) groups is 1. The molecule has 1 aliphatic rings. The van der Waals surface area contributed by atoms with Crippen LogP contribution in [0.3, 0.4) is 0 Å². The average Bonchev–Trinajstić information content (AvgIpc) is 2.65. The first-order valence-electron chi connectivity index (χ1n) is 5.59. The Hall–Kier alpha value is -1.65. The molecule has 1 aromatic heterocycles. The number of nitrogens with one attached hydrogen (secondary N) is 1. The van der Waals surface area contributed by atoms with Gasteiger partial charge < -0.3 is 5.32 Å². The van der Waals surface area contributed by atoms with Crippen molar-refractivity contribution in [1.29, 1.82) is 0 Å². The molecule has 0 spiro atoms. The minimum Gasteiger partial charge on any atom is -0.321 e. The maximum absolute atomic E-state index is 12.0. The van der Waals surface area contributed by atoms with Gasteiger partial charge in [-0.2, -0.15) is 0 Å². The molecule has 0 radical (unpaired) electrons. The van der Waals surface area contributed by atoms with E-state index in [-0.39, 0.29) is 5.91 Å². The Kier molecular flexibility index (Phi) is 3.12. The van der Waals surface area contributed by atoms with Crippen LogP contribution in [0.2, 0.25) is 5.02 Å². The zero-order chi connectivity index (χ0) is 13.4. The third-order valence-corrected chi connectivity index (χ3v) is 3.47. The van der Waals surface area contributed by atoms with Gasteiger partial charge in [0.25, 0.3) is 5.91 Å². The molecular weight excluding hydrogens is 328 g/mol. The fourth-order valence-electron chi connectivity index (χ4n) is 1.96. The van der Waals surface area contributed by atoms with Crippen LogP contribution in [0.25, 0.3) is 11.6 Å². The van der Waals surface area contributed by atoms with Gasteiger partial charge in [-0.25, -0.2) is 4.98 Å². The molecule has 94 valence electrons. The first kappa shape index (κ1) is 12.4. The number of pyridine rings is 1. The van der Waals surface area contributed by atoms with Gasteiger partial charge in [-0.3, -0.25) is 4.79 Å². The van der Waals surface area contributed by atoms with Gasteiger partial charge in [-0.05, 0) is 46.3 Å². The second kappa shape index (κ2) is 4.79. The molecule has 0 aliphatic carbocycles. The number of carbonyl (C=O) groups excluding carboxylic acids is 1. The number of benzene rings is 1. The summed E-state index contributed by atoms with van der Waals surface area (Å²) >= 11 is 9.22. The quantitative estimate of drug-likeness (QED) is 0.632. The lowest BCUT2D eigenvalue weighted by molar-refractivity contribution is -0.110. The Balaban J connectivity index is 2.09. The molecule has 1 aliphatic heterocycles. The molecule has 3 rings (SSSR count). The lowest BCUT2D eigenvalue weighted by Crippen LogP contribution is -2.03. The van der Waals surface area contributed by atoms with Crippen LogP contribution in [-0.2, 0) is 4.79 Å². The van der Waals surface area contributed by atoms with E-state index < -0.39 is 0 Å². The van der Waals surface area contributed by atoms with Crippen molar-refractivity contribution in [1.82, 2.24) is 4.98 Å². The number of hydrogen-bond acceptors (Lipinski definition) is 2. The molecule has 3 nitrogen and oxygen atoms in total. The Bertz CT molecular complexity index is 712. The Morgan fingerprint density at radius 3 is 2.89 bits per heavy atom. The number of anilines is 1. The molecule has 1 amide bonds. The molecule has 1 aromatic carbocycles. The first-order chi connectivity index (χ1) is 9.13. The predicted molar refractivity (Wildman–Crippen MR) is 79.9 cm³/mol. The molecule has 19 heavy (non-hydrogen) atoms. The SMILES string of the molecule is O=C1Nc2cc(Cl)ccc2/C1=C\c1cccc(Br)n1. The number of amides is 1. The lowest BCUT2D eigenvalue weighted by atomic mass is 10.1. The standard InChI is InChI=1S/C14H8BrClN2O/c15-13-3-1-2-9(17-13)7-11-10-5-4-8(16)6-12(10)18-14(11)19/h1-7H,(H,18,19)/b11-7+. The topological polar surface area (TPSA) is 42.0 Å². The largest absolute Gasteiger partial charge is 0.321 e. The Labute approximate surface area is 123 Å². The maximum atomic E-state index is 12.0. The highest BCUT2D eigenvalue weighted by Crippen LogP contribution is 2.34. The van der Waals surface area contributed by atoms with Crippen molar-refractivity contribution >= 4 is 50.8 Å². The van der Waals surface area contributed by atoms with Gasteiger partial charge in [0.2, 0.25) is 0 Å². The Morgan fingerprint density at radius 2 is 2.11 bits per heavy atom. The second-order valence-electron chi connectivity index (χ2n) is 4.09. The normalized spacial score (nSPS) is 15.5. The van der Waals surface area contributed by atoms with Crippen LogP contribution in [0, 0.1) is 0 Å². The Morgan fingerprint density at radius 1 is 1.26 bits per heavy atom. The minimum atomic E-state index is -0.140. The van der Waals surface area contributed by atoms with Crippen molar-refractivity contribution in [2.45, 2.75) is 0 Å². The highest BCUT2D eigenvalue weighted by atomic mass is 79.9. The second-order valence-corrected chi connectivity index (χ2v) is 5.34. The van der Waals surface area contributed by atoms with Crippen molar-refractivity contribution in [2.75, 3.05) is 5.32 Å². The number of aromatic nitrogens is 1. The number of hydrogen-bond donors (Lipinski definition) is 1. The molecule has 0 atom stereocenters. The predicted octanol–water partition coefficient (Wildman–Crippen LogP) is 3.99. The summed E-state index contributed by atoms with van der Waals surface area (Å²) in [5.41, 5.74) is 2.90. The summed E-state index contributed by atoms with van der Waals surface area (Å²) in [6.07, 6.45) is 1.76. The van der Waals surface area contributed by atoms with Crippen LogP contribution < -0.4 is 5.32 Å². The van der Waals surface area contributed by atoms with Gasteiger partial charge >= 0.3 is 0 Å². The van der Waals surface area contributed by atoms with Gasteiger partial charge in [-0.1, -0.05) is 23.7 Å². The molecule has 0 saturated heterocycles. The molecule has 2 aromatic rings.